The highest BCUT2D eigenvalue weighted by atomic mass is 32.2. The van der Waals surface area contributed by atoms with Gasteiger partial charge in [0.15, 0.2) is 9.84 Å². The Bertz CT molecular complexity index is 399. The molecule has 106 valence electrons. The molecule has 1 unspecified atom stereocenters. The summed E-state index contributed by atoms with van der Waals surface area (Å²) in [6.07, 6.45) is -0.180. The number of halogens is 2. The van der Waals surface area contributed by atoms with Crippen molar-refractivity contribution in [1.82, 2.24) is 10.6 Å². The third kappa shape index (κ3) is 5.23. The molecular formula is C9H16F2N2O4S. The first-order valence-electron chi connectivity index (χ1n) is 5.43. The number of aliphatic hydroxyl groups excluding tert-OH is 1. The van der Waals surface area contributed by atoms with E-state index in [0.29, 0.717) is 0 Å². The summed E-state index contributed by atoms with van der Waals surface area (Å²) in [5, 5.41) is 13.1. The van der Waals surface area contributed by atoms with Crippen LogP contribution in [0, 0.1) is 0 Å². The first-order valence-corrected chi connectivity index (χ1v) is 7.25. The van der Waals surface area contributed by atoms with Gasteiger partial charge in [-0.1, -0.05) is 0 Å². The highest BCUT2D eigenvalue weighted by Crippen LogP contribution is 2.10. The lowest BCUT2D eigenvalue weighted by molar-refractivity contribution is -0.124. The number of hydrogen-bond acceptors (Lipinski definition) is 5. The van der Waals surface area contributed by atoms with Gasteiger partial charge in [-0.25, -0.2) is 17.2 Å². The van der Waals surface area contributed by atoms with Gasteiger partial charge >= 0.3 is 0 Å². The maximum Gasteiger partial charge on any atom is 0.287 e. The van der Waals surface area contributed by atoms with E-state index in [4.69, 9.17) is 5.11 Å². The summed E-state index contributed by atoms with van der Waals surface area (Å²) in [5.74, 6) is -4.18. The monoisotopic (exact) mass is 286 g/mol. The molecule has 0 aliphatic carbocycles. The lowest BCUT2D eigenvalue weighted by Gasteiger charge is -2.23. The predicted octanol–water partition coefficient (Wildman–Crippen LogP) is -1.49. The van der Waals surface area contributed by atoms with Crippen molar-refractivity contribution in [2.24, 2.45) is 0 Å². The van der Waals surface area contributed by atoms with Crippen LogP contribution in [0.2, 0.25) is 0 Å². The van der Waals surface area contributed by atoms with Crippen LogP contribution in [-0.4, -0.2) is 62.6 Å². The molecule has 1 aliphatic rings. The number of hydrogen-bond donors (Lipinski definition) is 3. The second-order valence-electron chi connectivity index (χ2n) is 4.26. The molecular weight excluding hydrogens is 270 g/mol. The Hall–Kier alpha value is -0.800. The Morgan fingerprint density at radius 2 is 2.17 bits per heavy atom. The molecule has 1 heterocycles. The second kappa shape index (κ2) is 5.89. The number of amides is 1. The molecule has 1 rings (SSSR count). The lowest BCUT2D eigenvalue weighted by atomic mass is 10.2. The van der Waals surface area contributed by atoms with Crippen LogP contribution < -0.4 is 10.6 Å². The molecule has 1 fully saturated rings. The molecule has 18 heavy (non-hydrogen) atoms. The molecule has 6 nitrogen and oxygen atoms in total. The fourth-order valence-electron chi connectivity index (χ4n) is 1.58. The number of nitrogens with one attached hydrogen (secondary N) is 2. The van der Waals surface area contributed by atoms with E-state index in [1.807, 2.05) is 5.32 Å². The van der Waals surface area contributed by atoms with Gasteiger partial charge in [-0.15, -0.1) is 0 Å². The van der Waals surface area contributed by atoms with Gasteiger partial charge in [0.05, 0.1) is 18.1 Å². The van der Waals surface area contributed by atoms with Crippen LogP contribution >= 0.6 is 0 Å². The first kappa shape index (κ1) is 15.3. The highest BCUT2D eigenvalue weighted by Gasteiger charge is 2.30. The average Bonchev–Trinajstić information content (AvgIpc) is 2.25. The molecule has 0 bridgehead atoms. The zero-order chi connectivity index (χ0) is 13.8. The zero-order valence-corrected chi connectivity index (χ0v) is 10.5. The molecule has 0 radical (unpaired) electrons. The quantitative estimate of drug-likeness (QED) is 0.572. The maximum atomic E-state index is 12.6. The number of alkyl halides is 2. The topological polar surface area (TPSA) is 95.5 Å². The van der Waals surface area contributed by atoms with E-state index < -0.39 is 40.9 Å². The molecule has 1 atom stereocenters. The van der Waals surface area contributed by atoms with Crippen molar-refractivity contribution in [3.05, 3.63) is 0 Å². The number of aliphatic hydroxyl groups is 1. The van der Waals surface area contributed by atoms with Gasteiger partial charge < -0.3 is 15.7 Å². The van der Waals surface area contributed by atoms with Crippen LogP contribution in [0.5, 0.6) is 0 Å². The van der Waals surface area contributed by atoms with Gasteiger partial charge in [-0.2, -0.15) is 0 Å². The standard InChI is InChI=1S/C9H16F2N2O4S/c10-9(11,6-14)5-13-8(15)3-7-4-18(16,17)2-1-12-7/h7,12,14H,1-6H2,(H,13,15). The Kier molecular flexibility index (Phi) is 5.00. The normalized spacial score (nSPS) is 23.6. The Morgan fingerprint density at radius 1 is 1.50 bits per heavy atom. The minimum Gasteiger partial charge on any atom is -0.390 e. The average molecular weight is 286 g/mol. The highest BCUT2D eigenvalue weighted by molar-refractivity contribution is 7.91. The van der Waals surface area contributed by atoms with Crippen molar-refractivity contribution >= 4 is 15.7 Å². The van der Waals surface area contributed by atoms with Crippen molar-refractivity contribution in [2.75, 3.05) is 31.2 Å². The van der Waals surface area contributed by atoms with Gasteiger partial charge in [-0.05, 0) is 0 Å². The van der Waals surface area contributed by atoms with Crippen molar-refractivity contribution in [3.8, 4) is 0 Å². The Morgan fingerprint density at radius 3 is 2.72 bits per heavy atom. The number of carbonyl (C=O) groups is 1. The van der Waals surface area contributed by atoms with Crippen LogP contribution in [0.4, 0.5) is 8.78 Å². The summed E-state index contributed by atoms with van der Waals surface area (Å²) in [6, 6.07) is -0.550. The van der Waals surface area contributed by atoms with Crippen LogP contribution in [0.15, 0.2) is 0 Å². The summed E-state index contributed by atoms with van der Waals surface area (Å²) < 4.78 is 47.8. The second-order valence-corrected chi connectivity index (χ2v) is 6.49. The van der Waals surface area contributed by atoms with Gasteiger partial charge in [0.1, 0.15) is 6.61 Å². The fourth-order valence-corrected chi connectivity index (χ4v) is 3.02. The number of carbonyl (C=O) groups excluding carboxylic acids is 1. The van der Waals surface area contributed by atoms with Gasteiger partial charge in [0, 0.05) is 19.0 Å². The molecule has 0 aromatic rings. The summed E-state index contributed by atoms with van der Waals surface area (Å²) in [6.45, 7) is -2.04. The third-order valence-electron chi connectivity index (χ3n) is 2.51. The van der Waals surface area contributed by atoms with E-state index in [0.717, 1.165) is 0 Å². The molecule has 0 aromatic carbocycles. The smallest absolute Gasteiger partial charge is 0.287 e. The van der Waals surface area contributed by atoms with Crippen LogP contribution in [0.1, 0.15) is 6.42 Å². The number of rotatable bonds is 5. The van der Waals surface area contributed by atoms with Crippen molar-refractivity contribution in [2.45, 2.75) is 18.4 Å². The lowest BCUT2D eigenvalue weighted by Crippen LogP contribution is -2.48. The molecule has 1 amide bonds. The molecule has 3 N–H and O–H groups in total. The molecule has 1 aliphatic heterocycles. The van der Waals surface area contributed by atoms with Crippen molar-refractivity contribution in [1.29, 1.82) is 0 Å². The largest absolute Gasteiger partial charge is 0.390 e. The van der Waals surface area contributed by atoms with Crippen LogP contribution in [-0.2, 0) is 14.6 Å². The van der Waals surface area contributed by atoms with Gasteiger partial charge in [-0.3, -0.25) is 4.79 Å². The van der Waals surface area contributed by atoms with E-state index in [1.54, 1.807) is 0 Å². The van der Waals surface area contributed by atoms with E-state index >= 15 is 0 Å². The minimum atomic E-state index is -3.36. The van der Waals surface area contributed by atoms with Gasteiger partial charge in [0.25, 0.3) is 5.92 Å². The molecule has 9 heteroatoms. The van der Waals surface area contributed by atoms with Crippen molar-refractivity contribution < 1.29 is 27.1 Å². The number of sulfone groups is 1. The van der Waals surface area contributed by atoms with Crippen LogP contribution in [0.25, 0.3) is 0 Å². The fraction of sp³-hybridized carbons (Fsp3) is 0.889. The molecule has 1 saturated heterocycles. The summed E-state index contributed by atoms with van der Waals surface area (Å²) in [5.41, 5.74) is 0. The molecule has 0 aromatic heterocycles. The van der Waals surface area contributed by atoms with E-state index in [-0.39, 0.29) is 24.5 Å². The van der Waals surface area contributed by atoms with E-state index in [1.165, 1.54) is 0 Å². The summed E-state index contributed by atoms with van der Waals surface area (Å²) in [7, 11) is -3.16. The molecule has 0 saturated carbocycles. The first-order chi connectivity index (χ1) is 8.24. The minimum absolute atomic E-state index is 0.0215. The van der Waals surface area contributed by atoms with Gasteiger partial charge in [0.2, 0.25) is 5.91 Å². The van der Waals surface area contributed by atoms with Crippen LogP contribution in [0.3, 0.4) is 0 Å². The third-order valence-corrected chi connectivity index (χ3v) is 4.24. The predicted molar refractivity (Wildman–Crippen MR) is 60.1 cm³/mol. The van der Waals surface area contributed by atoms with Crippen molar-refractivity contribution in [3.63, 3.8) is 0 Å². The summed E-state index contributed by atoms with van der Waals surface area (Å²) in [4.78, 5) is 11.3. The summed E-state index contributed by atoms with van der Waals surface area (Å²) >= 11 is 0. The zero-order valence-electron chi connectivity index (χ0n) is 9.66. The Labute approximate surface area is 104 Å². The maximum absolute atomic E-state index is 12.6. The molecule has 0 spiro atoms. The Balaban J connectivity index is 2.37. The SMILES string of the molecule is O=C(CC1CS(=O)(=O)CCN1)NCC(F)(F)CO. The van der Waals surface area contributed by atoms with E-state index in [9.17, 15) is 22.0 Å². The van der Waals surface area contributed by atoms with E-state index in [2.05, 4.69) is 5.32 Å².